The first-order valence-corrected chi connectivity index (χ1v) is 25.4. The predicted molar refractivity (Wildman–Crippen MR) is 241 cm³/mol. The van der Waals surface area contributed by atoms with Crippen LogP contribution in [0.3, 0.4) is 0 Å². The molecule has 13 nitrogen and oxygen atoms in total. The molecule has 1 aliphatic heterocycles. The predicted octanol–water partition coefficient (Wildman–Crippen LogP) is 5.30. The van der Waals surface area contributed by atoms with Crippen molar-refractivity contribution in [3.63, 3.8) is 0 Å². The van der Waals surface area contributed by atoms with Gasteiger partial charge >= 0.3 is 0 Å². The van der Waals surface area contributed by atoms with Crippen LogP contribution in [0.5, 0.6) is 0 Å². The highest BCUT2D eigenvalue weighted by Gasteiger charge is 2.43. The summed E-state index contributed by atoms with van der Waals surface area (Å²) in [6, 6.07) is 7.57. The molecule has 0 spiro atoms. The van der Waals surface area contributed by atoms with Crippen molar-refractivity contribution in [2.45, 2.75) is 161 Å². The number of hydrogen-bond acceptors (Lipinski definition) is 9. The fourth-order valence-corrected chi connectivity index (χ4v) is 9.96. The Balaban J connectivity index is 2.29. The van der Waals surface area contributed by atoms with Gasteiger partial charge in [-0.1, -0.05) is 91.6 Å². The molecular weight excluding hydrogens is 779 g/mol. The standard InChI is InChI=1S/C46H81N5O8Si/c1-15-32(6)42(50(10)46(56)40(30(2)3)48-45(55)41(31(4)5)49(8)9)38(58-11)29-39(53)51-26-21-24-36(51)43(59-12)33(7)44(54)47-35(28-34-22-17-16-18-23-34)37(52)25-19-20-27-60(13,14)57/h16-18,22-23,30-33,35-36,38,40-43,57H,15,19-21,24-29H2,1-14H3,(H,47,54)(H,48,55)/t32-,33+,35-,36-,38+,40-,41-,42-,43+/m0/s1. The lowest BCUT2D eigenvalue weighted by Crippen LogP contribution is -2.59. The van der Waals surface area contributed by atoms with Crippen LogP contribution in [0.4, 0.5) is 0 Å². The van der Waals surface area contributed by atoms with Crippen LogP contribution in [0.2, 0.25) is 19.1 Å². The van der Waals surface area contributed by atoms with E-state index >= 15 is 0 Å². The quantitative estimate of drug-likeness (QED) is 0.0832. The van der Waals surface area contributed by atoms with Crippen molar-refractivity contribution in [1.29, 1.82) is 0 Å². The maximum atomic E-state index is 14.4. The zero-order valence-electron chi connectivity index (χ0n) is 39.5. The Morgan fingerprint density at radius 1 is 0.900 bits per heavy atom. The van der Waals surface area contributed by atoms with E-state index in [2.05, 4.69) is 10.6 Å². The van der Waals surface area contributed by atoms with Crippen LogP contribution in [0, 0.1) is 23.7 Å². The number of ether oxygens (including phenoxy) is 2. The first-order chi connectivity index (χ1) is 28.1. The van der Waals surface area contributed by atoms with Crippen LogP contribution in [-0.4, -0.2) is 142 Å². The van der Waals surface area contributed by atoms with Crippen LogP contribution in [0.15, 0.2) is 30.3 Å². The Hall–Kier alpha value is -3.17. The fourth-order valence-electron chi connectivity index (χ4n) is 8.84. The van der Waals surface area contributed by atoms with E-state index in [0.29, 0.717) is 38.3 Å². The molecule has 0 radical (unpaired) electrons. The van der Waals surface area contributed by atoms with Crippen LogP contribution in [0.25, 0.3) is 0 Å². The van der Waals surface area contributed by atoms with Crippen molar-refractivity contribution < 1.29 is 38.2 Å². The molecule has 2 rings (SSSR count). The largest absolute Gasteiger partial charge is 0.432 e. The summed E-state index contributed by atoms with van der Waals surface area (Å²) in [4.78, 5) is 85.4. The lowest BCUT2D eigenvalue weighted by atomic mass is 9.89. The Morgan fingerprint density at radius 3 is 2.05 bits per heavy atom. The molecule has 342 valence electrons. The normalized spacial score (nSPS) is 18.7. The van der Waals surface area contributed by atoms with Gasteiger partial charge in [0.2, 0.25) is 23.6 Å². The molecule has 1 aromatic rings. The van der Waals surface area contributed by atoms with E-state index in [4.69, 9.17) is 9.47 Å². The second-order valence-corrected chi connectivity index (χ2v) is 22.8. The molecule has 9 atom stereocenters. The first kappa shape index (κ1) is 53.0. The minimum atomic E-state index is -2.22. The molecular formula is C46H81N5O8Si. The van der Waals surface area contributed by atoms with Crippen molar-refractivity contribution in [2.75, 3.05) is 41.9 Å². The monoisotopic (exact) mass is 860 g/mol. The van der Waals surface area contributed by atoms with Gasteiger partial charge in [0, 0.05) is 34.2 Å². The van der Waals surface area contributed by atoms with E-state index < -0.39 is 50.6 Å². The SMILES string of the molecule is CC[C@H](C)[C@@H]([C@@H](CC(=O)N1CCC[C@H]1[C@H](OC)[C@@H](C)C(=O)N[C@@H](Cc1ccccc1)C(=O)CCCC[Si](C)(C)O)OC)N(C)C(=O)[C@@H](NC(=O)[C@H](C(C)C)N(C)C)C(C)C. The first-order valence-electron chi connectivity index (χ1n) is 22.3. The van der Waals surface area contributed by atoms with Crippen molar-refractivity contribution >= 4 is 37.7 Å². The maximum Gasteiger partial charge on any atom is 0.245 e. The molecule has 60 heavy (non-hydrogen) atoms. The third kappa shape index (κ3) is 15.6. The summed E-state index contributed by atoms with van der Waals surface area (Å²) in [5, 5.41) is 6.09. The van der Waals surface area contributed by atoms with Gasteiger partial charge in [0.25, 0.3) is 0 Å². The number of unbranched alkanes of at least 4 members (excludes halogenated alkanes) is 1. The zero-order chi connectivity index (χ0) is 45.5. The van der Waals surface area contributed by atoms with Crippen LogP contribution in [0.1, 0.15) is 99.0 Å². The minimum absolute atomic E-state index is 0.00893. The summed E-state index contributed by atoms with van der Waals surface area (Å²) in [5.74, 6) is -1.83. The summed E-state index contributed by atoms with van der Waals surface area (Å²) in [6.07, 6.45) is 2.88. The Morgan fingerprint density at radius 2 is 1.53 bits per heavy atom. The number of likely N-dealkylation sites (tertiary alicyclic amines) is 1. The van der Waals surface area contributed by atoms with Crippen LogP contribution in [-0.2, 0) is 39.9 Å². The Kier molecular flexibility index (Phi) is 22.1. The summed E-state index contributed by atoms with van der Waals surface area (Å²) >= 11 is 0. The number of carbonyl (C=O) groups is 5. The molecule has 0 aliphatic carbocycles. The van der Waals surface area contributed by atoms with Gasteiger partial charge in [-0.25, -0.2) is 0 Å². The molecule has 1 aliphatic rings. The van der Waals surface area contributed by atoms with Crippen molar-refractivity contribution in [3.05, 3.63) is 35.9 Å². The number of likely N-dealkylation sites (N-methyl/N-ethyl adjacent to an activating group) is 2. The van der Waals surface area contributed by atoms with Gasteiger partial charge in [-0.3, -0.25) is 28.9 Å². The smallest absolute Gasteiger partial charge is 0.245 e. The third-order valence-corrected chi connectivity index (χ3v) is 14.0. The van der Waals surface area contributed by atoms with Crippen molar-refractivity contribution in [3.8, 4) is 0 Å². The summed E-state index contributed by atoms with van der Waals surface area (Å²) in [6.45, 7) is 17.9. The number of benzene rings is 1. The Labute approximate surface area is 363 Å². The van der Waals surface area contributed by atoms with E-state index in [9.17, 15) is 28.8 Å². The van der Waals surface area contributed by atoms with Gasteiger partial charge < -0.3 is 34.7 Å². The lowest BCUT2D eigenvalue weighted by Gasteiger charge is -2.41. The van der Waals surface area contributed by atoms with Crippen molar-refractivity contribution in [2.24, 2.45) is 23.7 Å². The maximum absolute atomic E-state index is 14.4. The van der Waals surface area contributed by atoms with Gasteiger partial charge in [0.15, 0.2) is 14.1 Å². The molecule has 0 saturated carbocycles. The molecule has 1 saturated heterocycles. The second-order valence-electron chi connectivity index (χ2n) is 18.7. The number of hydrogen-bond donors (Lipinski definition) is 3. The molecule has 1 heterocycles. The number of carbonyl (C=O) groups excluding carboxylic acids is 5. The number of nitrogens with zero attached hydrogens (tertiary/aromatic N) is 3. The minimum Gasteiger partial charge on any atom is -0.432 e. The van der Waals surface area contributed by atoms with Gasteiger partial charge in [0.05, 0.1) is 48.7 Å². The average Bonchev–Trinajstić information content (AvgIpc) is 3.67. The number of methoxy groups -OCH3 is 2. The topological polar surface area (TPSA) is 158 Å². The molecule has 0 bridgehead atoms. The van der Waals surface area contributed by atoms with Crippen LogP contribution < -0.4 is 10.6 Å². The molecule has 4 amide bonds. The third-order valence-electron chi connectivity index (χ3n) is 12.4. The molecule has 3 N–H and O–H groups in total. The summed E-state index contributed by atoms with van der Waals surface area (Å²) < 4.78 is 12.1. The summed E-state index contributed by atoms with van der Waals surface area (Å²) in [7, 11) is 6.34. The van der Waals surface area contributed by atoms with Crippen molar-refractivity contribution in [1.82, 2.24) is 25.3 Å². The summed E-state index contributed by atoms with van der Waals surface area (Å²) in [5.41, 5.74) is 0.938. The second kappa shape index (κ2) is 25.1. The van der Waals surface area contributed by atoms with E-state index in [1.165, 1.54) is 0 Å². The van der Waals surface area contributed by atoms with E-state index in [-0.39, 0.29) is 59.6 Å². The Bertz CT molecular complexity index is 1500. The highest BCUT2D eigenvalue weighted by atomic mass is 28.4. The number of Topliss-reactive ketones (excluding diaryl/α,β-unsaturated/α-hetero) is 1. The highest BCUT2D eigenvalue weighted by molar-refractivity contribution is 6.69. The van der Waals surface area contributed by atoms with E-state index in [0.717, 1.165) is 24.8 Å². The van der Waals surface area contributed by atoms with Gasteiger partial charge in [0.1, 0.15) is 6.04 Å². The van der Waals surface area contributed by atoms with Gasteiger partial charge in [-0.15, -0.1) is 0 Å². The zero-order valence-corrected chi connectivity index (χ0v) is 40.5. The molecule has 1 fully saturated rings. The molecule has 0 unspecified atom stereocenters. The van der Waals surface area contributed by atoms with Gasteiger partial charge in [-0.2, -0.15) is 0 Å². The van der Waals surface area contributed by atoms with Crippen LogP contribution >= 0.6 is 0 Å². The number of rotatable bonds is 26. The van der Waals surface area contributed by atoms with E-state index in [1.807, 2.05) is 104 Å². The number of ketones is 1. The number of amides is 4. The molecule has 14 heteroatoms. The molecule has 0 aromatic heterocycles. The lowest BCUT2D eigenvalue weighted by molar-refractivity contribution is -0.148. The van der Waals surface area contributed by atoms with E-state index in [1.54, 1.807) is 38.0 Å². The highest BCUT2D eigenvalue weighted by Crippen LogP contribution is 2.30. The number of nitrogens with one attached hydrogen (secondary N) is 2. The fraction of sp³-hybridized carbons (Fsp3) is 0.761. The average molecular weight is 860 g/mol. The molecule has 1 aromatic carbocycles. The van der Waals surface area contributed by atoms with Gasteiger partial charge in [-0.05, 0) is 82.2 Å².